The van der Waals surface area contributed by atoms with Crippen molar-refractivity contribution >= 4 is 65.6 Å². The predicted octanol–water partition coefficient (Wildman–Crippen LogP) is 6.22. The number of likely N-dealkylation sites (tertiary alicyclic amines) is 1. The number of thiophene rings is 1. The number of anilines is 2. The molecule has 1 fully saturated rings. The van der Waals surface area contributed by atoms with Crippen molar-refractivity contribution in [3.63, 3.8) is 0 Å². The second kappa shape index (κ2) is 8.52. The van der Waals surface area contributed by atoms with Gasteiger partial charge in [0, 0.05) is 33.9 Å². The molecule has 9 heteroatoms. The second-order valence-electron chi connectivity index (χ2n) is 8.43. The number of fused-ring (bicyclic) bond motifs is 5. The lowest BCUT2D eigenvalue weighted by molar-refractivity contribution is 0.218. The normalized spacial score (nSPS) is 15.1. The van der Waals surface area contributed by atoms with Crippen LogP contribution in [-0.4, -0.2) is 44.3 Å². The SMILES string of the molecule is Fc1ccc(Nc2ncnc3sc4c5cn(CCN6CCCCC6)nc5ccc4c23)cc1Cl. The van der Waals surface area contributed by atoms with E-state index in [2.05, 4.69) is 43.2 Å². The number of hydrogen-bond donors (Lipinski definition) is 1. The Hall–Kier alpha value is -2.81. The van der Waals surface area contributed by atoms with Gasteiger partial charge in [-0.3, -0.25) is 4.68 Å². The van der Waals surface area contributed by atoms with E-state index in [0.717, 1.165) is 44.3 Å². The fourth-order valence-corrected chi connectivity index (χ4v) is 5.89. The third-order valence-corrected chi connectivity index (χ3v) is 7.68. The molecular formula is C24H22ClFN6S. The Labute approximate surface area is 199 Å². The summed E-state index contributed by atoms with van der Waals surface area (Å²) in [4.78, 5) is 12.4. The van der Waals surface area contributed by atoms with Crippen molar-refractivity contribution in [1.82, 2.24) is 24.6 Å². The standard InChI is InChI=1S/C24H22ClFN6S/c25-18-12-15(4-6-19(18)26)29-23-21-16-5-7-20-17(22(16)33-24(21)28-14-27-23)13-32(30-20)11-10-31-8-2-1-3-9-31/h4-7,12-14H,1-3,8-11H2,(H,27,28,29). The number of hydrogen-bond acceptors (Lipinski definition) is 6. The van der Waals surface area contributed by atoms with E-state index >= 15 is 0 Å². The molecule has 6 nitrogen and oxygen atoms in total. The summed E-state index contributed by atoms with van der Waals surface area (Å²) < 4.78 is 16.8. The number of halogens is 2. The molecule has 1 N–H and O–H groups in total. The van der Waals surface area contributed by atoms with Crippen LogP contribution in [0, 0.1) is 5.82 Å². The van der Waals surface area contributed by atoms with Gasteiger partial charge in [0.2, 0.25) is 0 Å². The van der Waals surface area contributed by atoms with E-state index in [1.54, 1.807) is 29.8 Å². The first-order valence-corrected chi connectivity index (χ1v) is 12.3. The Bertz CT molecular complexity index is 1470. The summed E-state index contributed by atoms with van der Waals surface area (Å²) in [6, 6.07) is 8.70. The van der Waals surface area contributed by atoms with Gasteiger partial charge in [-0.05, 0) is 50.2 Å². The molecule has 0 radical (unpaired) electrons. The summed E-state index contributed by atoms with van der Waals surface area (Å²) in [6.07, 6.45) is 7.64. The molecule has 4 heterocycles. The minimum absolute atomic E-state index is 0.0687. The van der Waals surface area contributed by atoms with Crippen LogP contribution >= 0.6 is 22.9 Å². The lowest BCUT2D eigenvalue weighted by Gasteiger charge is -2.26. The maximum Gasteiger partial charge on any atom is 0.143 e. The average molecular weight is 481 g/mol. The van der Waals surface area contributed by atoms with Crippen molar-refractivity contribution in [2.45, 2.75) is 25.8 Å². The molecule has 5 aromatic rings. The maximum atomic E-state index is 13.6. The molecule has 33 heavy (non-hydrogen) atoms. The molecule has 0 spiro atoms. The number of aromatic nitrogens is 4. The van der Waals surface area contributed by atoms with Crippen molar-refractivity contribution in [3.05, 3.63) is 53.7 Å². The molecule has 0 atom stereocenters. The molecule has 0 aliphatic carbocycles. The molecule has 0 amide bonds. The molecular weight excluding hydrogens is 459 g/mol. The molecule has 1 saturated heterocycles. The fraction of sp³-hybridized carbons (Fsp3) is 0.292. The molecule has 2 aromatic carbocycles. The summed E-state index contributed by atoms with van der Waals surface area (Å²) in [5, 5.41) is 11.3. The highest BCUT2D eigenvalue weighted by atomic mass is 35.5. The van der Waals surface area contributed by atoms with Gasteiger partial charge in [-0.15, -0.1) is 11.3 Å². The lowest BCUT2D eigenvalue weighted by Crippen LogP contribution is -2.32. The van der Waals surface area contributed by atoms with Gasteiger partial charge in [0.25, 0.3) is 0 Å². The van der Waals surface area contributed by atoms with Crippen molar-refractivity contribution in [2.24, 2.45) is 0 Å². The summed E-state index contributed by atoms with van der Waals surface area (Å²) in [7, 11) is 0. The van der Waals surface area contributed by atoms with Crippen LogP contribution in [-0.2, 0) is 6.54 Å². The van der Waals surface area contributed by atoms with E-state index in [1.165, 1.54) is 38.4 Å². The monoisotopic (exact) mass is 480 g/mol. The third kappa shape index (κ3) is 3.92. The Balaban J connectivity index is 1.37. The number of piperidine rings is 1. The molecule has 6 rings (SSSR count). The molecule has 0 unspecified atom stereocenters. The number of rotatable bonds is 5. The number of benzene rings is 2. The Kier molecular flexibility index (Phi) is 5.36. The summed E-state index contributed by atoms with van der Waals surface area (Å²) in [5.74, 6) is 0.224. The highest BCUT2D eigenvalue weighted by Gasteiger charge is 2.16. The minimum Gasteiger partial charge on any atom is -0.340 e. The van der Waals surface area contributed by atoms with E-state index in [4.69, 9.17) is 16.7 Å². The molecule has 168 valence electrons. The van der Waals surface area contributed by atoms with E-state index < -0.39 is 5.82 Å². The van der Waals surface area contributed by atoms with Gasteiger partial charge >= 0.3 is 0 Å². The molecule has 3 aromatic heterocycles. The Morgan fingerprint density at radius 1 is 1.03 bits per heavy atom. The zero-order valence-electron chi connectivity index (χ0n) is 17.9. The second-order valence-corrected chi connectivity index (χ2v) is 9.83. The van der Waals surface area contributed by atoms with Crippen LogP contribution in [0.5, 0.6) is 0 Å². The summed E-state index contributed by atoms with van der Waals surface area (Å²) in [5.41, 5.74) is 1.66. The van der Waals surface area contributed by atoms with E-state index in [1.807, 2.05) is 0 Å². The van der Waals surface area contributed by atoms with Gasteiger partial charge in [-0.2, -0.15) is 5.10 Å². The zero-order valence-corrected chi connectivity index (χ0v) is 19.5. The van der Waals surface area contributed by atoms with Crippen LogP contribution in [0.15, 0.2) is 42.9 Å². The van der Waals surface area contributed by atoms with Crippen LogP contribution in [0.3, 0.4) is 0 Å². The molecule has 0 saturated carbocycles. The molecule has 1 aliphatic heterocycles. The van der Waals surface area contributed by atoms with Gasteiger partial charge in [-0.1, -0.05) is 24.1 Å². The third-order valence-electron chi connectivity index (χ3n) is 6.24. The van der Waals surface area contributed by atoms with Gasteiger partial charge in [0.15, 0.2) is 0 Å². The minimum atomic E-state index is -0.448. The summed E-state index contributed by atoms with van der Waals surface area (Å²) >= 11 is 7.60. The Morgan fingerprint density at radius 3 is 2.76 bits per heavy atom. The number of nitrogens with one attached hydrogen (secondary N) is 1. The Morgan fingerprint density at radius 2 is 1.91 bits per heavy atom. The van der Waals surface area contributed by atoms with Crippen LogP contribution in [0.1, 0.15) is 19.3 Å². The topological polar surface area (TPSA) is 58.9 Å². The van der Waals surface area contributed by atoms with Gasteiger partial charge in [-0.25, -0.2) is 14.4 Å². The first-order valence-electron chi connectivity index (χ1n) is 11.1. The van der Waals surface area contributed by atoms with Crippen molar-refractivity contribution in [3.8, 4) is 0 Å². The predicted molar refractivity (Wildman–Crippen MR) is 133 cm³/mol. The van der Waals surface area contributed by atoms with Crippen LogP contribution in [0.2, 0.25) is 5.02 Å². The van der Waals surface area contributed by atoms with Crippen LogP contribution in [0.25, 0.3) is 31.2 Å². The van der Waals surface area contributed by atoms with E-state index in [-0.39, 0.29) is 5.02 Å². The maximum absolute atomic E-state index is 13.6. The first kappa shape index (κ1) is 20.8. The highest BCUT2D eigenvalue weighted by molar-refractivity contribution is 7.26. The van der Waals surface area contributed by atoms with Crippen molar-refractivity contribution in [2.75, 3.05) is 25.0 Å². The number of nitrogens with zero attached hydrogens (tertiary/aromatic N) is 5. The zero-order chi connectivity index (χ0) is 22.4. The van der Waals surface area contributed by atoms with Gasteiger partial charge in [0.1, 0.15) is 22.8 Å². The van der Waals surface area contributed by atoms with Crippen molar-refractivity contribution in [1.29, 1.82) is 0 Å². The van der Waals surface area contributed by atoms with Crippen molar-refractivity contribution < 1.29 is 4.39 Å². The highest BCUT2D eigenvalue weighted by Crippen LogP contribution is 2.40. The van der Waals surface area contributed by atoms with Gasteiger partial charge in [0.05, 0.1) is 22.5 Å². The first-order chi connectivity index (χ1) is 16.2. The quantitative estimate of drug-likeness (QED) is 0.324. The van der Waals surface area contributed by atoms with Crippen LogP contribution in [0.4, 0.5) is 15.9 Å². The summed E-state index contributed by atoms with van der Waals surface area (Å²) in [6.45, 7) is 4.30. The smallest absolute Gasteiger partial charge is 0.143 e. The van der Waals surface area contributed by atoms with E-state index in [0.29, 0.717) is 11.5 Å². The van der Waals surface area contributed by atoms with Crippen LogP contribution < -0.4 is 5.32 Å². The molecule has 1 aliphatic rings. The lowest BCUT2D eigenvalue weighted by atomic mass is 10.1. The molecule has 0 bridgehead atoms. The largest absolute Gasteiger partial charge is 0.340 e. The average Bonchev–Trinajstić information content (AvgIpc) is 3.42. The van der Waals surface area contributed by atoms with E-state index in [9.17, 15) is 4.39 Å². The fourth-order valence-electron chi connectivity index (χ4n) is 4.56. The van der Waals surface area contributed by atoms with Gasteiger partial charge < -0.3 is 10.2 Å².